The smallest absolute Gasteiger partial charge is 0.338 e. The highest BCUT2D eigenvalue weighted by atomic mass is 16.5. The Morgan fingerprint density at radius 1 is 0.679 bits per heavy atom. The molecule has 0 aliphatic heterocycles. The molecular weight excluding hydrogens is 356 g/mol. The van der Waals surface area contributed by atoms with Crippen molar-refractivity contribution in [3.63, 3.8) is 0 Å². The molecule has 0 bridgehead atoms. The fraction of sp³-hybridized carbons (Fsp3) is 0.0870. The molecule has 0 fully saturated rings. The normalized spacial score (nSPS) is 10.2. The van der Waals surface area contributed by atoms with Crippen LogP contribution in [0.25, 0.3) is 0 Å². The van der Waals surface area contributed by atoms with Gasteiger partial charge in [-0.3, -0.25) is 9.59 Å². The van der Waals surface area contributed by atoms with Crippen molar-refractivity contribution in [3.8, 4) is 5.75 Å². The van der Waals surface area contributed by atoms with Crippen molar-refractivity contribution in [3.05, 3.63) is 101 Å². The van der Waals surface area contributed by atoms with Gasteiger partial charge in [0.15, 0.2) is 18.2 Å². The van der Waals surface area contributed by atoms with Crippen molar-refractivity contribution in [2.75, 3.05) is 13.7 Å². The molecule has 0 amide bonds. The minimum Gasteiger partial charge on any atom is -0.497 e. The van der Waals surface area contributed by atoms with Crippen LogP contribution in [0.2, 0.25) is 0 Å². The molecule has 0 unspecified atom stereocenters. The molecule has 0 saturated carbocycles. The predicted molar refractivity (Wildman–Crippen MR) is 104 cm³/mol. The highest BCUT2D eigenvalue weighted by molar-refractivity contribution is 6.09. The fourth-order valence-electron chi connectivity index (χ4n) is 2.59. The Bertz CT molecular complexity index is 974. The monoisotopic (exact) mass is 374 g/mol. The Morgan fingerprint density at radius 2 is 1.21 bits per heavy atom. The molecular formula is C23H18O5. The maximum atomic E-state index is 12.4. The molecule has 0 N–H and O–H groups in total. The molecule has 0 aliphatic rings. The Labute approximate surface area is 162 Å². The summed E-state index contributed by atoms with van der Waals surface area (Å²) in [5.74, 6) is -0.429. The van der Waals surface area contributed by atoms with Crippen LogP contribution in [0.3, 0.4) is 0 Å². The number of methoxy groups -OCH3 is 1. The van der Waals surface area contributed by atoms with E-state index in [1.807, 2.05) is 6.07 Å². The highest BCUT2D eigenvalue weighted by Gasteiger charge is 2.14. The third-order valence-electron chi connectivity index (χ3n) is 4.17. The van der Waals surface area contributed by atoms with Gasteiger partial charge in [0.25, 0.3) is 0 Å². The summed E-state index contributed by atoms with van der Waals surface area (Å²) in [4.78, 5) is 36.6. The summed E-state index contributed by atoms with van der Waals surface area (Å²) in [7, 11) is 1.54. The Morgan fingerprint density at radius 3 is 1.82 bits per heavy atom. The fourth-order valence-corrected chi connectivity index (χ4v) is 2.59. The molecule has 0 aliphatic carbocycles. The van der Waals surface area contributed by atoms with Crippen molar-refractivity contribution in [1.29, 1.82) is 0 Å². The zero-order valence-electron chi connectivity index (χ0n) is 15.3. The third-order valence-corrected chi connectivity index (χ3v) is 4.17. The lowest BCUT2D eigenvalue weighted by Crippen LogP contribution is -2.14. The molecule has 0 atom stereocenters. The van der Waals surface area contributed by atoms with E-state index < -0.39 is 5.97 Å². The molecule has 0 heterocycles. The van der Waals surface area contributed by atoms with E-state index >= 15 is 0 Å². The number of ether oxygens (including phenoxy) is 2. The van der Waals surface area contributed by atoms with Crippen molar-refractivity contribution in [2.45, 2.75) is 0 Å². The van der Waals surface area contributed by atoms with Crippen LogP contribution in [0.4, 0.5) is 0 Å². The second-order valence-corrected chi connectivity index (χ2v) is 6.00. The molecule has 3 aromatic carbocycles. The van der Waals surface area contributed by atoms with Gasteiger partial charge < -0.3 is 9.47 Å². The number of benzene rings is 3. The summed E-state index contributed by atoms with van der Waals surface area (Å²) in [5, 5.41) is 0. The highest BCUT2D eigenvalue weighted by Crippen LogP contribution is 2.14. The van der Waals surface area contributed by atoms with E-state index in [9.17, 15) is 14.4 Å². The molecule has 140 valence electrons. The maximum Gasteiger partial charge on any atom is 0.338 e. The van der Waals surface area contributed by atoms with Gasteiger partial charge in [0.1, 0.15) is 5.75 Å². The van der Waals surface area contributed by atoms with Crippen LogP contribution in [0, 0.1) is 0 Å². The second-order valence-electron chi connectivity index (χ2n) is 6.00. The van der Waals surface area contributed by atoms with Crippen molar-refractivity contribution < 1.29 is 23.9 Å². The molecule has 5 heteroatoms. The number of carbonyl (C=O) groups excluding carboxylic acids is 3. The summed E-state index contributed by atoms with van der Waals surface area (Å²) in [6.07, 6.45) is 0. The molecule has 0 spiro atoms. The van der Waals surface area contributed by atoms with Crippen LogP contribution in [0.5, 0.6) is 5.75 Å². The lowest BCUT2D eigenvalue weighted by molar-refractivity contribution is 0.0474. The molecule has 3 rings (SSSR count). The number of esters is 1. The van der Waals surface area contributed by atoms with E-state index in [1.165, 1.54) is 19.2 Å². The maximum absolute atomic E-state index is 12.4. The van der Waals surface area contributed by atoms with E-state index in [2.05, 4.69) is 0 Å². The average Bonchev–Trinajstić information content (AvgIpc) is 2.77. The lowest BCUT2D eigenvalue weighted by Gasteiger charge is -2.06. The van der Waals surface area contributed by atoms with E-state index in [1.54, 1.807) is 60.7 Å². The van der Waals surface area contributed by atoms with Crippen molar-refractivity contribution >= 4 is 17.5 Å². The van der Waals surface area contributed by atoms with Crippen LogP contribution >= 0.6 is 0 Å². The third kappa shape index (κ3) is 4.51. The summed E-state index contributed by atoms with van der Waals surface area (Å²) >= 11 is 0. The number of rotatable bonds is 7. The van der Waals surface area contributed by atoms with E-state index in [0.717, 1.165) is 0 Å². The predicted octanol–water partition coefficient (Wildman–Crippen LogP) is 3.97. The minimum absolute atomic E-state index is 0.129. The summed E-state index contributed by atoms with van der Waals surface area (Å²) < 4.78 is 10.1. The quantitative estimate of drug-likeness (QED) is 0.462. The van der Waals surface area contributed by atoms with E-state index in [4.69, 9.17) is 9.47 Å². The first-order valence-corrected chi connectivity index (χ1v) is 8.62. The SMILES string of the molecule is COc1ccc(C(=O)COC(=O)c2ccc(C(=O)c3ccccc3)cc2)cc1. The number of ketones is 2. The summed E-state index contributed by atoms with van der Waals surface area (Å²) in [6, 6.07) is 21.6. The molecule has 28 heavy (non-hydrogen) atoms. The van der Waals surface area contributed by atoms with Gasteiger partial charge in [-0.2, -0.15) is 0 Å². The number of Topliss-reactive ketones (excluding diaryl/α,β-unsaturated/α-hetero) is 1. The zero-order chi connectivity index (χ0) is 19.9. The standard InChI is InChI=1S/C23H18O5/c1-27-20-13-11-16(12-14-20)21(24)15-28-23(26)19-9-7-18(8-10-19)22(25)17-5-3-2-4-6-17/h2-14H,15H2,1H3. The van der Waals surface area contributed by atoms with Crippen molar-refractivity contribution in [2.24, 2.45) is 0 Å². The molecule has 0 aromatic heterocycles. The first-order chi connectivity index (χ1) is 13.6. The van der Waals surface area contributed by atoms with Gasteiger partial charge >= 0.3 is 5.97 Å². The van der Waals surface area contributed by atoms with Crippen LogP contribution in [-0.4, -0.2) is 31.3 Å². The molecule has 5 nitrogen and oxygen atoms in total. The van der Waals surface area contributed by atoms with E-state index in [0.29, 0.717) is 22.4 Å². The number of hydrogen-bond acceptors (Lipinski definition) is 5. The first kappa shape index (κ1) is 19.0. The van der Waals surface area contributed by atoms with Crippen LogP contribution in [0.1, 0.15) is 36.6 Å². The zero-order valence-corrected chi connectivity index (χ0v) is 15.3. The minimum atomic E-state index is -0.624. The van der Waals surface area contributed by atoms with Gasteiger partial charge in [-0.15, -0.1) is 0 Å². The molecule has 3 aromatic rings. The second kappa shape index (κ2) is 8.77. The van der Waals surface area contributed by atoms with Crippen molar-refractivity contribution in [1.82, 2.24) is 0 Å². The number of carbonyl (C=O) groups is 3. The number of hydrogen-bond donors (Lipinski definition) is 0. The van der Waals surface area contributed by atoms with Gasteiger partial charge in [0, 0.05) is 16.7 Å². The summed E-state index contributed by atoms with van der Waals surface area (Å²) in [5.41, 5.74) is 1.74. The van der Waals surface area contributed by atoms with Gasteiger partial charge in [-0.1, -0.05) is 42.5 Å². The largest absolute Gasteiger partial charge is 0.497 e. The molecule has 0 radical (unpaired) electrons. The van der Waals surface area contributed by atoms with Gasteiger partial charge in [0.05, 0.1) is 12.7 Å². The first-order valence-electron chi connectivity index (χ1n) is 8.62. The topological polar surface area (TPSA) is 69.7 Å². The van der Waals surface area contributed by atoms with E-state index in [-0.39, 0.29) is 23.7 Å². The lowest BCUT2D eigenvalue weighted by atomic mass is 10.0. The van der Waals surface area contributed by atoms with Gasteiger partial charge in [-0.25, -0.2) is 4.79 Å². The summed E-state index contributed by atoms with van der Waals surface area (Å²) in [6.45, 7) is -0.365. The Kier molecular flexibility index (Phi) is 5.97. The van der Waals surface area contributed by atoms with Crippen LogP contribution in [0.15, 0.2) is 78.9 Å². The Hall–Kier alpha value is -3.73. The molecule has 0 saturated heterocycles. The average molecular weight is 374 g/mol. The van der Waals surface area contributed by atoms with Gasteiger partial charge in [0.2, 0.25) is 0 Å². The van der Waals surface area contributed by atoms with Gasteiger partial charge in [-0.05, 0) is 36.4 Å². The van der Waals surface area contributed by atoms with Crippen LogP contribution in [-0.2, 0) is 4.74 Å². The Balaban J connectivity index is 1.60. The van der Waals surface area contributed by atoms with Crippen LogP contribution < -0.4 is 4.74 Å².